The molecule has 0 spiro atoms. The third-order valence-electron chi connectivity index (χ3n) is 4.47. The summed E-state index contributed by atoms with van der Waals surface area (Å²) in [5, 5.41) is 5.31. The minimum atomic E-state index is -0.497. The van der Waals surface area contributed by atoms with Gasteiger partial charge in [-0.2, -0.15) is 0 Å². The van der Waals surface area contributed by atoms with E-state index in [1.54, 1.807) is 37.7 Å². The molecule has 3 aromatic rings. The van der Waals surface area contributed by atoms with Gasteiger partial charge in [0.15, 0.2) is 0 Å². The van der Waals surface area contributed by atoms with Crippen LogP contribution in [-0.2, 0) is 13.6 Å². The number of carbonyl (C=O) groups is 1. The molecule has 0 saturated carbocycles. The highest BCUT2D eigenvalue weighted by Gasteiger charge is 2.17. The molecule has 140 valence electrons. The molecule has 2 N–H and O–H groups in total. The number of halogens is 1. The molecule has 2 aromatic carbocycles. The lowest BCUT2D eigenvalue weighted by Crippen LogP contribution is -2.31. The fourth-order valence-electron chi connectivity index (χ4n) is 2.87. The largest absolute Gasteiger partial charge is 0.334 e. The Hall–Kier alpha value is -3.35. The zero-order valence-electron chi connectivity index (χ0n) is 15.4. The second-order valence-electron chi connectivity index (χ2n) is 6.33. The molecule has 0 bridgehead atoms. The van der Waals surface area contributed by atoms with Gasteiger partial charge in [-0.05, 0) is 43.2 Å². The van der Waals surface area contributed by atoms with Crippen molar-refractivity contribution in [2.45, 2.75) is 20.4 Å². The number of carbonyl (C=O) groups excluding carboxylic acids is 1. The van der Waals surface area contributed by atoms with Gasteiger partial charge in [0, 0.05) is 13.6 Å². The molecule has 0 aliphatic carbocycles. The maximum atomic E-state index is 13.3. The SMILES string of the molecule is Cc1cc(CNC(=O)Nc2c(C)n(C)n(-c3ccccc3)c2=O)ccc1F. The van der Waals surface area contributed by atoms with E-state index in [0.717, 1.165) is 5.56 Å². The molecule has 0 unspecified atom stereocenters. The van der Waals surface area contributed by atoms with E-state index in [9.17, 15) is 14.0 Å². The first-order chi connectivity index (χ1) is 12.9. The monoisotopic (exact) mass is 368 g/mol. The van der Waals surface area contributed by atoms with Crippen molar-refractivity contribution in [1.29, 1.82) is 0 Å². The summed E-state index contributed by atoms with van der Waals surface area (Å²) in [5.74, 6) is -0.287. The highest BCUT2D eigenvalue weighted by atomic mass is 19.1. The van der Waals surface area contributed by atoms with Crippen LogP contribution >= 0.6 is 0 Å². The number of para-hydroxylation sites is 1. The third kappa shape index (κ3) is 3.76. The van der Waals surface area contributed by atoms with E-state index < -0.39 is 6.03 Å². The van der Waals surface area contributed by atoms with Crippen LogP contribution in [0.5, 0.6) is 0 Å². The summed E-state index contributed by atoms with van der Waals surface area (Å²) in [6.07, 6.45) is 0. The number of benzene rings is 2. The quantitative estimate of drug-likeness (QED) is 0.742. The van der Waals surface area contributed by atoms with E-state index in [0.29, 0.717) is 16.9 Å². The lowest BCUT2D eigenvalue weighted by atomic mass is 10.1. The molecular formula is C20H21FN4O2. The lowest BCUT2D eigenvalue weighted by Gasteiger charge is -2.08. The Bertz CT molecular complexity index is 1040. The molecule has 2 amide bonds. The van der Waals surface area contributed by atoms with Crippen molar-refractivity contribution in [3.05, 3.63) is 81.5 Å². The predicted octanol–water partition coefficient (Wildman–Crippen LogP) is 3.25. The number of nitrogens with zero attached hydrogens (tertiary/aromatic N) is 2. The molecule has 27 heavy (non-hydrogen) atoms. The summed E-state index contributed by atoms with van der Waals surface area (Å²) in [4.78, 5) is 25.0. The van der Waals surface area contributed by atoms with Gasteiger partial charge in [0.1, 0.15) is 11.5 Å². The van der Waals surface area contributed by atoms with Gasteiger partial charge in [-0.15, -0.1) is 0 Å². The maximum absolute atomic E-state index is 13.3. The summed E-state index contributed by atoms with van der Waals surface area (Å²) < 4.78 is 16.5. The Kier molecular flexibility index (Phi) is 5.12. The van der Waals surface area contributed by atoms with Gasteiger partial charge in [0.25, 0.3) is 5.56 Å². The van der Waals surface area contributed by atoms with Crippen LogP contribution in [0.1, 0.15) is 16.8 Å². The Morgan fingerprint density at radius 1 is 1.11 bits per heavy atom. The van der Waals surface area contributed by atoms with Gasteiger partial charge in [0.2, 0.25) is 0 Å². The van der Waals surface area contributed by atoms with Crippen molar-refractivity contribution in [2.75, 3.05) is 5.32 Å². The van der Waals surface area contributed by atoms with Crippen molar-refractivity contribution in [1.82, 2.24) is 14.7 Å². The molecule has 1 aromatic heterocycles. The van der Waals surface area contributed by atoms with Gasteiger partial charge < -0.3 is 10.6 Å². The second kappa shape index (κ2) is 7.49. The van der Waals surface area contributed by atoms with E-state index in [1.807, 2.05) is 30.3 Å². The Balaban J connectivity index is 1.76. The summed E-state index contributed by atoms with van der Waals surface area (Å²) in [5.41, 5.74) is 2.54. The molecule has 0 saturated heterocycles. The number of hydrogen-bond donors (Lipinski definition) is 2. The van der Waals surface area contributed by atoms with Crippen LogP contribution in [0.15, 0.2) is 53.3 Å². The average Bonchev–Trinajstić information content (AvgIpc) is 2.87. The van der Waals surface area contributed by atoms with Gasteiger partial charge >= 0.3 is 6.03 Å². The van der Waals surface area contributed by atoms with Gasteiger partial charge in [0.05, 0.1) is 11.4 Å². The summed E-state index contributed by atoms with van der Waals surface area (Å²) in [6.45, 7) is 3.66. The fraction of sp³-hybridized carbons (Fsp3) is 0.200. The molecule has 0 fully saturated rings. The molecule has 0 aliphatic heterocycles. The zero-order chi connectivity index (χ0) is 19.6. The Morgan fingerprint density at radius 2 is 1.81 bits per heavy atom. The van der Waals surface area contributed by atoms with Crippen LogP contribution in [0, 0.1) is 19.7 Å². The summed E-state index contributed by atoms with van der Waals surface area (Å²) in [6, 6.07) is 13.3. The van der Waals surface area contributed by atoms with Gasteiger partial charge in [-0.1, -0.05) is 30.3 Å². The van der Waals surface area contributed by atoms with Gasteiger partial charge in [-0.3, -0.25) is 9.48 Å². The van der Waals surface area contributed by atoms with E-state index in [2.05, 4.69) is 10.6 Å². The Morgan fingerprint density at radius 3 is 2.48 bits per heavy atom. The molecule has 0 atom stereocenters. The number of nitrogens with one attached hydrogen (secondary N) is 2. The zero-order valence-corrected chi connectivity index (χ0v) is 15.4. The third-order valence-corrected chi connectivity index (χ3v) is 4.47. The highest BCUT2D eigenvalue weighted by molar-refractivity contribution is 5.89. The number of aryl methyl sites for hydroxylation is 1. The predicted molar refractivity (Wildman–Crippen MR) is 103 cm³/mol. The number of amides is 2. The molecule has 1 heterocycles. The molecule has 7 heteroatoms. The molecule has 0 radical (unpaired) electrons. The van der Waals surface area contributed by atoms with E-state index >= 15 is 0 Å². The molecule has 6 nitrogen and oxygen atoms in total. The van der Waals surface area contributed by atoms with E-state index in [-0.39, 0.29) is 23.6 Å². The molecule has 0 aliphatic rings. The normalized spacial score (nSPS) is 10.7. The fourth-order valence-corrected chi connectivity index (χ4v) is 2.87. The van der Waals surface area contributed by atoms with Crippen LogP contribution < -0.4 is 16.2 Å². The molecule has 3 rings (SSSR count). The van der Waals surface area contributed by atoms with E-state index in [1.165, 1.54) is 10.7 Å². The highest BCUT2D eigenvalue weighted by Crippen LogP contribution is 2.14. The minimum absolute atomic E-state index is 0.217. The summed E-state index contributed by atoms with van der Waals surface area (Å²) >= 11 is 0. The van der Waals surface area contributed by atoms with E-state index in [4.69, 9.17) is 0 Å². The van der Waals surface area contributed by atoms with Crippen LogP contribution in [0.4, 0.5) is 14.9 Å². The van der Waals surface area contributed by atoms with Crippen molar-refractivity contribution in [3.63, 3.8) is 0 Å². The first-order valence-electron chi connectivity index (χ1n) is 8.52. The number of hydrogen-bond acceptors (Lipinski definition) is 2. The van der Waals surface area contributed by atoms with Crippen molar-refractivity contribution >= 4 is 11.7 Å². The number of anilines is 1. The standard InChI is InChI=1S/C20H21FN4O2/c1-13-11-15(9-10-17(13)21)12-22-20(27)23-18-14(2)24(3)25(19(18)26)16-7-5-4-6-8-16/h4-11H,12H2,1-3H3,(H2,22,23,27). The maximum Gasteiger partial charge on any atom is 0.319 e. The first kappa shape index (κ1) is 18.4. The number of rotatable bonds is 4. The second-order valence-corrected chi connectivity index (χ2v) is 6.33. The lowest BCUT2D eigenvalue weighted by molar-refractivity contribution is 0.251. The van der Waals surface area contributed by atoms with Gasteiger partial charge in [-0.25, -0.2) is 13.9 Å². The van der Waals surface area contributed by atoms with Crippen molar-refractivity contribution in [3.8, 4) is 5.69 Å². The van der Waals surface area contributed by atoms with Crippen LogP contribution in [-0.4, -0.2) is 15.4 Å². The van der Waals surface area contributed by atoms with Crippen LogP contribution in [0.25, 0.3) is 5.69 Å². The summed E-state index contributed by atoms with van der Waals surface area (Å²) in [7, 11) is 1.76. The van der Waals surface area contributed by atoms with Crippen LogP contribution in [0.3, 0.4) is 0 Å². The smallest absolute Gasteiger partial charge is 0.319 e. The van der Waals surface area contributed by atoms with Crippen LogP contribution in [0.2, 0.25) is 0 Å². The number of urea groups is 1. The minimum Gasteiger partial charge on any atom is -0.334 e. The van der Waals surface area contributed by atoms with Crippen molar-refractivity contribution in [2.24, 2.45) is 7.05 Å². The van der Waals surface area contributed by atoms with Crippen molar-refractivity contribution < 1.29 is 9.18 Å². The average molecular weight is 368 g/mol. The number of aromatic nitrogens is 2. The topological polar surface area (TPSA) is 68.1 Å². The molecular weight excluding hydrogens is 347 g/mol. The first-order valence-corrected chi connectivity index (χ1v) is 8.52. The Labute approximate surface area is 156 Å².